The molecule has 6 rings (SSSR count). The second kappa shape index (κ2) is 7.57. The smallest absolute Gasteiger partial charge is 0.210 e. The highest BCUT2D eigenvalue weighted by atomic mass is 35.5. The van der Waals surface area contributed by atoms with Gasteiger partial charge >= 0.3 is 0 Å². The fraction of sp³-hybridized carbons (Fsp3) is 0.318. The zero-order valence-corrected chi connectivity index (χ0v) is 20.3. The van der Waals surface area contributed by atoms with Gasteiger partial charge in [-0.1, -0.05) is 37.0 Å². The number of aryl methyl sites for hydroxylation is 2. The Kier molecular flexibility index (Phi) is 4.72. The van der Waals surface area contributed by atoms with Gasteiger partial charge in [0.2, 0.25) is 5.95 Å². The largest absolute Gasteiger partial charge is 0.450 e. The van der Waals surface area contributed by atoms with Crippen LogP contribution < -0.4 is 10.1 Å². The molecule has 0 amide bonds. The molecule has 0 spiro atoms. The van der Waals surface area contributed by atoms with E-state index in [0.717, 1.165) is 25.2 Å². The van der Waals surface area contributed by atoms with Crippen LogP contribution in [0.5, 0.6) is 11.5 Å². The summed E-state index contributed by atoms with van der Waals surface area (Å²) in [5, 5.41) is 12.9. The molecule has 6 heterocycles. The van der Waals surface area contributed by atoms with Crippen LogP contribution in [-0.4, -0.2) is 38.9 Å². The van der Waals surface area contributed by atoms with Gasteiger partial charge in [-0.2, -0.15) is 15.2 Å². The molecular formula is C22H21Cl2N9O. The van der Waals surface area contributed by atoms with E-state index in [9.17, 15) is 0 Å². The van der Waals surface area contributed by atoms with Crippen molar-refractivity contribution in [2.24, 2.45) is 7.05 Å². The Morgan fingerprint density at radius 3 is 2.79 bits per heavy atom. The molecule has 34 heavy (non-hydrogen) atoms. The Labute approximate surface area is 204 Å². The number of halogens is 2. The predicted octanol–water partition coefficient (Wildman–Crippen LogP) is 5.12. The minimum absolute atomic E-state index is 0.0885. The van der Waals surface area contributed by atoms with Crippen molar-refractivity contribution in [3.05, 3.63) is 46.7 Å². The summed E-state index contributed by atoms with van der Waals surface area (Å²) in [7, 11) is 1.87. The molecule has 0 unspecified atom stereocenters. The molecule has 5 aromatic rings. The Balaban J connectivity index is 1.35. The molecule has 12 heteroatoms. The molecule has 10 nitrogen and oxygen atoms in total. The maximum atomic E-state index is 6.74. The highest BCUT2D eigenvalue weighted by Gasteiger charge is 2.29. The van der Waals surface area contributed by atoms with Gasteiger partial charge in [-0.05, 0) is 12.8 Å². The third kappa shape index (κ3) is 3.28. The third-order valence-electron chi connectivity index (χ3n) is 6.26. The first-order valence-electron chi connectivity index (χ1n) is 10.8. The van der Waals surface area contributed by atoms with Crippen LogP contribution in [0.4, 0.5) is 11.8 Å². The van der Waals surface area contributed by atoms with Crippen LogP contribution in [0.1, 0.15) is 32.4 Å². The number of rotatable bonds is 4. The number of nitrogens with zero attached hydrogens (tertiary/aromatic N) is 8. The fourth-order valence-corrected chi connectivity index (χ4v) is 5.01. The van der Waals surface area contributed by atoms with Crippen molar-refractivity contribution >= 4 is 51.6 Å². The Morgan fingerprint density at radius 1 is 1.12 bits per heavy atom. The van der Waals surface area contributed by atoms with Gasteiger partial charge in [-0.3, -0.25) is 4.68 Å². The van der Waals surface area contributed by atoms with E-state index in [2.05, 4.69) is 50.0 Å². The summed E-state index contributed by atoms with van der Waals surface area (Å²) in [6.07, 6.45) is 8.60. The normalized spacial score (nSPS) is 15.1. The molecular weight excluding hydrogens is 477 g/mol. The van der Waals surface area contributed by atoms with Crippen molar-refractivity contribution < 1.29 is 4.74 Å². The molecule has 0 aromatic carbocycles. The minimum atomic E-state index is 0.0885. The summed E-state index contributed by atoms with van der Waals surface area (Å²) >= 11 is 13.0. The molecule has 0 saturated heterocycles. The van der Waals surface area contributed by atoms with Crippen LogP contribution in [0.2, 0.25) is 10.2 Å². The number of pyridine rings is 1. The lowest BCUT2D eigenvalue weighted by Crippen LogP contribution is -2.27. The molecule has 1 N–H and O–H groups in total. The molecule has 0 radical (unpaired) electrons. The lowest BCUT2D eigenvalue weighted by molar-refractivity contribution is 0.344. The molecule has 0 saturated carbocycles. The Bertz CT molecular complexity index is 1570. The van der Waals surface area contributed by atoms with Crippen molar-refractivity contribution in [2.45, 2.75) is 38.6 Å². The van der Waals surface area contributed by atoms with Crippen molar-refractivity contribution in [2.75, 3.05) is 5.32 Å². The highest BCUT2D eigenvalue weighted by Crippen LogP contribution is 2.38. The standard InChI is InChI=1S/C22H21Cl2N9O/c1-22(2)5-4-7-32-14(22)9-15(30-32)28-21-29-20-18(31(21)3)16(23)12(10-26-20)34-13-11-27-33-8-6-25-19(24)17(13)33/h6,8-11H,4-5,7H2,1-3H3,(H,26,28,29,30). The highest BCUT2D eigenvalue weighted by molar-refractivity contribution is 6.36. The number of imidazole rings is 1. The molecule has 0 atom stereocenters. The maximum Gasteiger partial charge on any atom is 0.210 e. The van der Waals surface area contributed by atoms with E-state index in [1.54, 1.807) is 23.1 Å². The third-order valence-corrected chi connectivity index (χ3v) is 6.90. The first-order chi connectivity index (χ1) is 16.3. The number of aromatic nitrogens is 8. The molecule has 1 aliphatic rings. The Hall–Kier alpha value is -3.37. The zero-order valence-electron chi connectivity index (χ0n) is 18.7. The van der Waals surface area contributed by atoms with E-state index in [-0.39, 0.29) is 10.6 Å². The molecule has 1 aliphatic heterocycles. The predicted molar refractivity (Wildman–Crippen MR) is 129 cm³/mol. The van der Waals surface area contributed by atoms with Gasteiger partial charge in [0.15, 0.2) is 28.1 Å². The van der Waals surface area contributed by atoms with E-state index >= 15 is 0 Å². The summed E-state index contributed by atoms with van der Waals surface area (Å²) in [5.41, 5.74) is 2.97. The summed E-state index contributed by atoms with van der Waals surface area (Å²) < 4.78 is 11.5. The number of fused-ring (bicyclic) bond motifs is 3. The fourth-order valence-electron chi connectivity index (χ4n) is 4.47. The van der Waals surface area contributed by atoms with Gasteiger partial charge in [0.1, 0.15) is 16.1 Å². The number of nitrogens with one attached hydrogen (secondary N) is 1. The van der Waals surface area contributed by atoms with Crippen LogP contribution in [0, 0.1) is 0 Å². The van der Waals surface area contributed by atoms with E-state index in [1.807, 2.05) is 11.6 Å². The van der Waals surface area contributed by atoms with Gasteiger partial charge in [0, 0.05) is 43.2 Å². The average molecular weight is 498 g/mol. The number of ether oxygens (including phenoxy) is 1. The molecule has 5 aromatic heterocycles. The Morgan fingerprint density at radius 2 is 1.97 bits per heavy atom. The monoisotopic (exact) mass is 497 g/mol. The van der Waals surface area contributed by atoms with Crippen molar-refractivity contribution in [1.82, 2.24) is 38.9 Å². The molecule has 174 valence electrons. The average Bonchev–Trinajstić information content (AvgIpc) is 3.48. The minimum Gasteiger partial charge on any atom is -0.450 e. The van der Waals surface area contributed by atoms with Gasteiger partial charge in [0.25, 0.3) is 0 Å². The van der Waals surface area contributed by atoms with Crippen molar-refractivity contribution in [3.8, 4) is 11.5 Å². The lowest BCUT2D eigenvalue weighted by atomic mass is 9.82. The van der Waals surface area contributed by atoms with E-state index in [0.29, 0.717) is 39.2 Å². The molecule has 0 fully saturated rings. The van der Waals surface area contributed by atoms with Crippen LogP contribution in [0.15, 0.2) is 30.9 Å². The van der Waals surface area contributed by atoms with Gasteiger partial charge in [-0.15, -0.1) is 0 Å². The topological polar surface area (TPSA) is 100.0 Å². The van der Waals surface area contributed by atoms with Crippen molar-refractivity contribution in [3.63, 3.8) is 0 Å². The van der Waals surface area contributed by atoms with Gasteiger partial charge in [-0.25, -0.2) is 14.5 Å². The first kappa shape index (κ1) is 21.2. The quantitative estimate of drug-likeness (QED) is 0.367. The number of anilines is 2. The van der Waals surface area contributed by atoms with Crippen LogP contribution >= 0.6 is 23.2 Å². The van der Waals surface area contributed by atoms with Crippen LogP contribution in [0.3, 0.4) is 0 Å². The second-order valence-electron chi connectivity index (χ2n) is 8.98. The van der Waals surface area contributed by atoms with E-state index < -0.39 is 0 Å². The lowest BCUT2D eigenvalue weighted by Gasteiger charge is -2.30. The zero-order chi connectivity index (χ0) is 23.6. The molecule has 0 bridgehead atoms. The number of hydrogen-bond acceptors (Lipinski definition) is 7. The number of hydrogen-bond donors (Lipinski definition) is 1. The van der Waals surface area contributed by atoms with Gasteiger partial charge < -0.3 is 14.6 Å². The van der Waals surface area contributed by atoms with Gasteiger partial charge in [0.05, 0.1) is 12.4 Å². The van der Waals surface area contributed by atoms with E-state index in [1.165, 1.54) is 11.9 Å². The van der Waals surface area contributed by atoms with Crippen LogP contribution in [-0.2, 0) is 19.0 Å². The first-order valence-corrected chi connectivity index (χ1v) is 11.6. The summed E-state index contributed by atoms with van der Waals surface area (Å²) in [5.74, 6) is 2.10. The second-order valence-corrected chi connectivity index (χ2v) is 9.71. The summed E-state index contributed by atoms with van der Waals surface area (Å²) in [6, 6.07) is 2.09. The van der Waals surface area contributed by atoms with Crippen molar-refractivity contribution in [1.29, 1.82) is 0 Å². The summed E-state index contributed by atoms with van der Waals surface area (Å²) in [4.78, 5) is 13.2. The maximum absolute atomic E-state index is 6.74. The summed E-state index contributed by atoms with van der Waals surface area (Å²) in [6.45, 7) is 5.41. The van der Waals surface area contributed by atoms with Crippen LogP contribution in [0.25, 0.3) is 16.7 Å². The molecule has 0 aliphatic carbocycles. The SMILES string of the molecule is Cn1c(Nc2cc3n(n2)CCCC3(C)C)nc2ncc(Oc3cnn4ccnc(Cl)c34)c(Cl)c21. The van der Waals surface area contributed by atoms with E-state index in [4.69, 9.17) is 33.0 Å².